The fourth-order valence-electron chi connectivity index (χ4n) is 1.55. The Labute approximate surface area is 109 Å². The predicted octanol–water partition coefficient (Wildman–Crippen LogP) is 2.98. The Bertz CT molecular complexity index is 322. The molecule has 0 spiro atoms. The van der Waals surface area contributed by atoms with Crippen molar-refractivity contribution in [3.8, 4) is 0 Å². The van der Waals surface area contributed by atoms with Gasteiger partial charge in [0.2, 0.25) is 0 Å². The lowest BCUT2D eigenvalue weighted by atomic mass is 10.1. The molecule has 100 valence electrons. The van der Waals surface area contributed by atoms with Crippen LogP contribution in [-0.2, 0) is 20.7 Å². The van der Waals surface area contributed by atoms with Crippen LogP contribution in [0.5, 0.6) is 0 Å². The SMILES string of the molecule is CCCCOC(=O)COCCCc1ccccc1. The quantitative estimate of drug-likeness (QED) is 0.499. The summed E-state index contributed by atoms with van der Waals surface area (Å²) in [6.07, 6.45) is 3.85. The number of benzene rings is 1. The molecular formula is C15H22O3. The number of unbranched alkanes of at least 4 members (excludes halogenated alkanes) is 1. The maximum atomic E-state index is 11.2. The van der Waals surface area contributed by atoms with E-state index in [1.807, 2.05) is 18.2 Å². The lowest BCUT2D eigenvalue weighted by molar-refractivity contribution is -0.149. The summed E-state index contributed by atoms with van der Waals surface area (Å²) in [6, 6.07) is 10.3. The molecule has 0 aromatic heterocycles. The average molecular weight is 250 g/mol. The van der Waals surface area contributed by atoms with Gasteiger partial charge in [-0.05, 0) is 24.8 Å². The zero-order chi connectivity index (χ0) is 13.1. The van der Waals surface area contributed by atoms with Gasteiger partial charge in [0.15, 0.2) is 0 Å². The van der Waals surface area contributed by atoms with E-state index in [0.29, 0.717) is 13.2 Å². The summed E-state index contributed by atoms with van der Waals surface area (Å²) in [4.78, 5) is 11.2. The third-order valence-electron chi connectivity index (χ3n) is 2.58. The molecule has 0 bridgehead atoms. The van der Waals surface area contributed by atoms with Crippen molar-refractivity contribution in [3.05, 3.63) is 35.9 Å². The lowest BCUT2D eigenvalue weighted by Gasteiger charge is -2.05. The molecule has 0 amide bonds. The van der Waals surface area contributed by atoms with E-state index in [4.69, 9.17) is 9.47 Å². The third kappa shape index (κ3) is 7.07. The van der Waals surface area contributed by atoms with E-state index < -0.39 is 0 Å². The molecule has 0 heterocycles. The van der Waals surface area contributed by atoms with Crippen LogP contribution in [0.25, 0.3) is 0 Å². The van der Waals surface area contributed by atoms with Gasteiger partial charge in [-0.25, -0.2) is 4.79 Å². The fourth-order valence-corrected chi connectivity index (χ4v) is 1.55. The summed E-state index contributed by atoms with van der Waals surface area (Å²) in [5.41, 5.74) is 1.30. The summed E-state index contributed by atoms with van der Waals surface area (Å²) in [7, 11) is 0. The molecule has 0 fully saturated rings. The molecule has 0 radical (unpaired) electrons. The molecule has 18 heavy (non-hydrogen) atoms. The van der Waals surface area contributed by atoms with Crippen molar-refractivity contribution >= 4 is 5.97 Å². The highest BCUT2D eigenvalue weighted by Gasteiger charge is 2.02. The number of esters is 1. The molecule has 0 saturated carbocycles. The molecule has 1 aromatic carbocycles. The fraction of sp³-hybridized carbons (Fsp3) is 0.533. The Kier molecular flexibility index (Phi) is 7.89. The van der Waals surface area contributed by atoms with E-state index in [-0.39, 0.29) is 12.6 Å². The zero-order valence-electron chi connectivity index (χ0n) is 11.1. The largest absolute Gasteiger partial charge is 0.464 e. The standard InChI is InChI=1S/C15H22O3/c1-2-3-12-18-15(16)13-17-11-7-10-14-8-5-4-6-9-14/h4-6,8-9H,2-3,7,10-13H2,1H3. The van der Waals surface area contributed by atoms with E-state index in [1.54, 1.807) is 0 Å². The first kappa shape index (κ1) is 14.7. The number of rotatable bonds is 9. The van der Waals surface area contributed by atoms with Crippen LogP contribution < -0.4 is 0 Å². The van der Waals surface area contributed by atoms with Gasteiger partial charge in [-0.3, -0.25) is 0 Å². The first-order valence-corrected chi connectivity index (χ1v) is 6.60. The second-order valence-corrected chi connectivity index (χ2v) is 4.22. The van der Waals surface area contributed by atoms with Crippen LogP contribution in [-0.4, -0.2) is 25.8 Å². The second kappa shape index (κ2) is 9.66. The number of hydrogen-bond donors (Lipinski definition) is 0. The molecule has 0 unspecified atom stereocenters. The molecule has 0 aliphatic rings. The molecule has 1 aromatic rings. The molecule has 3 heteroatoms. The van der Waals surface area contributed by atoms with Gasteiger partial charge in [0, 0.05) is 6.61 Å². The van der Waals surface area contributed by atoms with E-state index >= 15 is 0 Å². The van der Waals surface area contributed by atoms with Gasteiger partial charge in [-0.15, -0.1) is 0 Å². The second-order valence-electron chi connectivity index (χ2n) is 4.22. The molecule has 0 aliphatic carbocycles. The number of ether oxygens (including phenoxy) is 2. The molecule has 0 saturated heterocycles. The summed E-state index contributed by atoms with van der Waals surface area (Å²) in [6.45, 7) is 3.23. The number of carbonyl (C=O) groups excluding carboxylic acids is 1. The number of carbonyl (C=O) groups is 1. The van der Waals surface area contributed by atoms with Crippen LogP contribution in [0.3, 0.4) is 0 Å². The highest BCUT2D eigenvalue weighted by atomic mass is 16.6. The van der Waals surface area contributed by atoms with Gasteiger partial charge in [0.25, 0.3) is 0 Å². The Morgan fingerprint density at radius 2 is 1.89 bits per heavy atom. The maximum absolute atomic E-state index is 11.2. The van der Waals surface area contributed by atoms with E-state index in [2.05, 4.69) is 19.1 Å². The monoisotopic (exact) mass is 250 g/mol. The Morgan fingerprint density at radius 1 is 1.11 bits per heavy atom. The summed E-state index contributed by atoms with van der Waals surface area (Å²) >= 11 is 0. The normalized spacial score (nSPS) is 10.3. The van der Waals surface area contributed by atoms with Crippen molar-refractivity contribution in [2.75, 3.05) is 19.8 Å². The van der Waals surface area contributed by atoms with Crippen LogP contribution in [0.2, 0.25) is 0 Å². The highest BCUT2D eigenvalue weighted by molar-refractivity contribution is 5.70. The molecule has 1 rings (SSSR count). The molecule has 3 nitrogen and oxygen atoms in total. The molecule has 0 atom stereocenters. The van der Waals surface area contributed by atoms with E-state index in [1.165, 1.54) is 5.56 Å². The summed E-state index contributed by atoms with van der Waals surface area (Å²) in [5.74, 6) is -0.261. The summed E-state index contributed by atoms with van der Waals surface area (Å²) < 4.78 is 10.3. The molecule has 0 N–H and O–H groups in total. The van der Waals surface area contributed by atoms with Crippen molar-refractivity contribution in [3.63, 3.8) is 0 Å². The third-order valence-corrected chi connectivity index (χ3v) is 2.58. The van der Waals surface area contributed by atoms with Crippen molar-refractivity contribution in [2.24, 2.45) is 0 Å². The Hall–Kier alpha value is -1.35. The van der Waals surface area contributed by atoms with Crippen LogP contribution >= 0.6 is 0 Å². The van der Waals surface area contributed by atoms with E-state index in [0.717, 1.165) is 25.7 Å². The van der Waals surface area contributed by atoms with Gasteiger partial charge < -0.3 is 9.47 Å². The highest BCUT2D eigenvalue weighted by Crippen LogP contribution is 2.02. The lowest BCUT2D eigenvalue weighted by Crippen LogP contribution is -2.14. The van der Waals surface area contributed by atoms with Crippen molar-refractivity contribution < 1.29 is 14.3 Å². The minimum Gasteiger partial charge on any atom is -0.464 e. The number of aryl methyl sites for hydroxylation is 1. The van der Waals surface area contributed by atoms with Crippen LogP contribution in [0, 0.1) is 0 Å². The first-order valence-electron chi connectivity index (χ1n) is 6.60. The first-order chi connectivity index (χ1) is 8.83. The summed E-state index contributed by atoms with van der Waals surface area (Å²) in [5, 5.41) is 0. The van der Waals surface area contributed by atoms with Crippen LogP contribution in [0.15, 0.2) is 30.3 Å². The number of hydrogen-bond acceptors (Lipinski definition) is 3. The van der Waals surface area contributed by atoms with Crippen LogP contribution in [0.4, 0.5) is 0 Å². The Morgan fingerprint density at radius 3 is 2.61 bits per heavy atom. The van der Waals surface area contributed by atoms with E-state index in [9.17, 15) is 4.79 Å². The van der Waals surface area contributed by atoms with Crippen molar-refractivity contribution in [1.29, 1.82) is 0 Å². The Balaban J connectivity index is 1.97. The zero-order valence-corrected chi connectivity index (χ0v) is 11.1. The van der Waals surface area contributed by atoms with Gasteiger partial charge in [-0.2, -0.15) is 0 Å². The maximum Gasteiger partial charge on any atom is 0.332 e. The van der Waals surface area contributed by atoms with Crippen molar-refractivity contribution in [2.45, 2.75) is 32.6 Å². The minimum absolute atomic E-state index is 0.0680. The topological polar surface area (TPSA) is 35.5 Å². The van der Waals surface area contributed by atoms with Gasteiger partial charge in [-0.1, -0.05) is 43.7 Å². The van der Waals surface area contributed by atoms with Gasteiger partial charge in [0.1, 0.15) is 6.61 Å². The average Bonchev–Trinajstić information content (AvgIpc) is 2.40. The van der Waals surface area contributed by atoms with Crippen LogP contribution in [0.1, 0.15) is 31.7 Å². The minimum atomic E-state index is -0.261. The smallest absolute Gasteiger partial charge is 0.332 e. The van der Waals surface area contributed by atoms with Crippen molar-refractivity contribution in [1.82, 2.24) is 0 Å². The van der Waals surface area contributed by atoms with Gasteiger partial charge >= 0.3 is 5.97 Å². The molecule has 0 aliphatic heterocycles. The van der Waals surface area contributed by atoms with Gasteiger partial charge in [0.05, 0.1) is 6.61 Å². The molecular weight excluding hydrogens is 228 g/mol. The predicted molar refractivity (Wildman–Crippen MR) is 71.4 cm³/mol.